The first-order valence-corrected chi connectivity index (χ1v) is 4.71. The summed E-state index contributed by atoms with van der Waals surface area (Å²) in [5, 5.41) is 0. The van der Waals surface area contributed by atoms with Crippen molar-refractivity contribution in [1.29, 1.82) is 0 Å². The highest BCUT2D eigenvalue weighted by Crippen LogP contribution is 2.36. The lowest BCUT2D eigenvalue weighted by molar-refractivity contribution is -0.0319. The van der Waals surface area contributed by atoms with Gasteiger partial charge in [0.25, 0.3) is 0 Å². The van der Waals surface area contributed by atoms with Gasteiger partial charge in [-0.1, -0.05) is 25.8 Å². The van der Waals surface area contributed by atoms with Crippen LogP contribution in [0.25, 0.3) is 0 Å². The van der Waals surface area contributed by atoms with E-state index in [4.69, 9.17) is 4.74 Å². The zero-order valence-corrected chi connectivity index (χ0v) is 7.01. The van der Waals surface area contributed by atoms with Crippen molar-refractivity contribution < 1.29 is 4.74 Å². The van der Waals surface area contributed by atoms with Gasteiger partial charge in [0.1, 0.15) is 6.10 Å². The molecule has 1 aliphatic carbocycles. The van der Waals surface area contributed by atoms with E-state index in [0.29, 0.717) is 6.10 Å². The molecule has 11 heavy (non-hydrogen) atoms. The Bertz CT molecular complexity index is 148. The minimum absolute atomic E-state index is 0.544. The quantitative estimate of drug-likeness (QED) is 0.561. The molecule has 2 fully saturated rings. The maximum atomic E-state index is 5.48. The second-order valence-corrected chi connectivity index (χ2v) is 3.80. The third kappa shape index (κ3) is 1.42. The number of rotatable bonds is 1. The van der Waals surface area contributed by atoms with E-state index in [2.05, 4.69) is 6.58 Å². The average molecular weight is 152 g/mol. The molecule has 1 heterocycles. The molecule has 62 valence electrons. The van der Waals surface area contributed by atoms with Crippen molar-refractivity contribution in [1.82, 2.24) is 0 Å². The normalized spacial score (nSPS) is 32.7. The molecule has 1 saturated heterocycles. The highest BCUT2D eigenvalue weighted by atomic mass is 16.5. The van der Waals surface area contributed by atoms with Crippen molar-refractivity contribution in [2.45, 2.75) is 44.6 Å². The first-order chi connectivity index (χ1) is 5.36. The van der Waals surface area contributed by atoms with Crippen LogP contribution in [0.5, 0.6) is 0 Å². The van der Waals surface area contributed by atoms with E-state index in [1.54, 1.807) is 0 Å². The summed E-state index contributed by atoms with van der Waals surface area (Å²) >= 11 is 0. The van der Waals surface area contributed by atoms with E-state index in [-0.39, 0.29) is 0 Å². The van der Waals surface area contributed by atoms with Crippen molar-refractivity contribution in [2.75, 3.05) is 0 Å². The van der Waals surface area contributed by atoms with Crippen LogP contribution in [-0.4, -0.2) is 6.10 Å². The van der Waals surface area contributed by atoms with Crippen molar-refractivity contribution in [3.8, 4) is 0 Å². The molecule has 0 aromatic rings. The number of hydrogen-bond donors (Lipinski definition) is 0. The molecule has 0 amide bonds. The average Bonchev–Trinajstić information content (AvgIpc) is 2.01. The van der Waals surface area contributed by atoms with Gasteiger partial charge in [-0.05, 0) is 18.8 Å². The predicted molar refractivity (Wildman–Crippen MR) is 45.2 cm³/mol. The molecule has 1 saturated carbocycles. The summed E-state index contributed by atoms with van der Waals surface area (Å²) in [6.45, 7) is 3.78. The smallest absolute Gasteiger partial charge is 0.108 e. The second kappa shape index (κ2) is 2.88. The minimum Gasteiger partial charge on any atom is -0.494 e. The lowest BCUT2D eigenvalue weighted by Gasteiger charge is -2.38. The first kappa shape index (κ1) is 7.20. The predicted octanol–water partition coefficient (Wildman–Crippen LogP) is 2.87. The topological polar surface area (TPSA) is 9.23 Å². The Hall–Kier alpha value is -0.460. The zero-order chi connectivity index (χ0) is 7.68. The third-order valence-electron chi connectivity index (χ3n) is 2.92. The molecule has 0 aromatic carbocycles. The molecule has 1 unspecified atom stereocenters. The molecule has 0 spiro atoms. The summed E-state index contributed by atoms with van der Waals surface area (Å²) in [7, 11) is 0. The lowest BCUT2D eigenvalue weighted by atomic mass is 9.82. The monoisotopic (exact) mass is 152 g/mol. The van der Waals surface area contributed by atoms with Crippen LogP contribution in [0.4, 0.5) is 0 Å². The van der Waals surface area contributed by atoms with E-state index in [1.165, 1.54) is 32.1 Å². The Morgan fingerprint density at radius 3 is 2.36 bits per heavy atom. The van der Waals surface area contributed by atoms with Crippen LogP contribution in [0.1, 0.15) is 38.5 Å². The molecule has 1 atom stereocenters. The third-order valence-corrected chi connectivity index (χ3v) is 2.92. The van der Waals surface area contributed by atoms with Gasteiger partial charge in [-0.3, -0.25) is 0 Å². The Morgan fingerprint density at radius 1 is 1.18 bits per heavy atom. The first-order valence-electron chi connectivity index (χ1n) is 4.71. The van der Waals surface area contributed by atoms with Gasteiger partial charge in [0.05, 0.1) is 5.76 Å². The van der Waals surface area contributed by atoms with E-state index in [9.17, 15) is 0 Å². The minimum atomic E-state index is 0.544. The van der Waals surface area contributed by atoms with Crippen molar-refractivity contribution >= 4 is 0 Å². The van der Waals surface area contributed by atoms with Crippen LogP contribution in [0.3, 0.4) is 0 Å². The summed E-state index contributed by atoms with van der Waals surface area (Å²) in [6, 6.07) is 0. The fourth-order valence-electron chi connectivity index (χ4n) is 2.20. The van der Waals surface area contributed by atoms with Crippen LogP contribution < -0.4 is 0 Å². The second-order valence-electron chi connectivity index (χ2n) is 3.80. The molecule has 0 radical (unpaired) electrons. The van der Waals surface area contributed by atoms with E-state index < -0.39 is 0 Å². The van der Waals surface area contributed by atoms with E-state index >= 15 is 0 Å². The highest BCUT2D eigenvalue weighted by Gasteiger charge is 2.32. The number of ether oxygens (including phenoxy) is 1. The summed E-state index contributed by atoms with van der Waals surface area (Å²) < 4.78 is 5.48. The van der Waals surface area contributed by atoms with Gasteiger partial charge in [0.15, 0.2) is 0 Å². The summed E-state index contributed by atoms with van der Waals surface area (Å²) in [5.41, 5.74) is 0. The van der Waals surface area contributed by atoms with Crippen molar-refractivity contribution in [3.63, 3.8) is 0 Å². The Morgan fingerprint density at radius 2 is 1.82 bits per heavy atom. The van der Waals surface area contributed by atoms with Gasteiger partial charge < -0.3 is 4.74 Å². The van der Waals surface area contributed by atoms with Crippen LogP contribution in [-0.2, 0) is 4.74 Å². The molecule has 0 N–H and O–H groups in total. The Balaban J connectivity index is 1.80. The summed E-state index contributed by atoms with van der Waals surface area (Å²) in [5.74, 6) is 1.86. The van der Waals surface area contributed by atoms with Crippen molar-refractivity contribution in [2.24, 2.45) is 5.92 Å². The molecule has 0 aromatic heterocycles. The van der Waals surface area contributed by atoms with Gasteiger partial charge in [-0.2, -0.15) is 0 Å². The van der Waals surface area contributed by atoms with Gasteiger partial charge >= 0.3 is 0 Å². The van der Waals surface area contributed by atoms with Gasteiger partial charge in [0.2, 0.25) is 0 Å². The molecule has 2 aliphatic rings. The molecule has 0 bridgehead atoms. The Kier molecular flexibility index (Phi) is 1.89. The zero-order valence-electron chi connectivity index (χ0n) is 7.01. The summed E-state index contributed by atoms with van der Waals surface area (Å²) in [4.78, 5) is 0. The fraction of sp³-hybridized carbons (Fsp3) is 0.800. The number of hydrogen-bond acceptors (Lipinski definition) is 1. The highest BCUT2D eigenvalue weighted by molar-refractivity contribution is 4.99. The van der Waals surface area contributed by atoms with Crippen LogP contribution >= 0.6 is 0 Å². The molecule has 1 nitrogen and oxygen atoms in total. The molecule has 2 rings (SSSR count). The van der Waals surface area contributed by atoms with Crippen molar-refractivity contribution in [3.05, 3.63) is 12.3 Å². The maximum absolute atomic E-state index is 5.48. The lowest BCUT2D eigenvalue weighted by Crippen LogP contribution is -2.33. The fourth-order valence-corrected chi connectivity index (χ4v) is 2.20. The molecular formula is C10H16O. The largest absolute Gasteiger partial charge is 0.494 e. The van der Waals surface area contributed by atoms with Crippen LogP contribution in [0.15, 0.2) is 12.3 Å². The van der Waals surface area contributed by atoms with Gasteiger partial charge in [-0.25, -0.2) is 0 Å². The van der Waals surface area contributed by atoms with E-state index in [1.807, 2.05) is 0 Å². The SMILES string of the molecule is C=C1CC(C2CCCCC2)O1. The van der Waals surface area contributed by atoms with E-state index in [0.717, 1.165) is 18.1 Å². The molecular weight excluding hydrogens is 136 g/mol. The molecule has 1 heteroatoms. The standard InChI is InChI=1S/C10H16O/c1-8-7-10(11-8)9-5-3-2-4-6-9/h9-10H,1-7H2. The van der Waals surface area contributed by atoms with Gasteiger partial charge in [-0.15, -0.1) is 0 Å². The van der Waals surface area contributed by atoms with Gasteiger partial charge in [0, 0.05) is 6.42 Å². The molecule has 1 aliphatic heterocycles. The summed E-state index contributed by atoms with van der Waals surface area (Å²) in [6.07, 6.45) is 8.71. The Labute approximate surface area is 68.4 Å². The van der Waals surface area contributed by atoms with Crippen LogP contribution in [0.2, 0.25) is 0 Å². The van der Waals surface area contributed by atoms with Crippen LogP contribution in [0, 0.1) is 5.92 Å². The maximum Gasteiger partial charge on any atom is 0.108 e.